The average molecular weight is 517 g/mol. The number of carbonyl (C=O) groups is 2. The van der Waals surface area contributed by atoms with E-state index in [1.165, 1.54) is 27.9 Å². The molecule has 5 heteroatoms. The van der Waals surface area contributed by atoms with E-state index >= 15 is 0 Å². The highest BCUT2D eigenvalue weighted by molar-refractivity contribution is 5.96. The van der Waals surface area contributed by atoms with E-state index < -0.39 is 0 Å². The van der Waals surface area contributed by atoms with E-state index in [2.05, 4.69) is 71.6 Å². The maximum Gasteiger partial charge on any atom is 0.219 e. The lowest BCUT2D eigenvalue weighted by atomic mass is 9.89. The van der Waals surface area contributed by atoms with Crippen molar-refractivity contribution in [2.24, 2.45) is 5.92 Å². The van der Waals surface area contributed by atoms with Crippen molar-refractivity contribution in [3.05, 3.63) is 101 Å². The van der Waals surface area contributed by atoms with Gasteiger partial charge >= 0.3 is 0 Å². The van der Waals surface area contributed by atoms with Gasteiger partial charge in [0.15, 0.2) is 5.78 Å². The zero-order chi connectivity index (χ0) is 24.9. The summed E-state index contributed by atoms with van der Waals surface area (Å²) < 4.78 is 0. The summed E-state index contributed by atoms with van der Waals surface area (Å²) in [4.78, 5) is 29.2. The fourth-order valence-electron chi connectivity index (χ4n) is 5.74. The van der Waals surface area contributed by atoms with Crippen LogP contribution >= 0.6 is 12.4 Å². The van der Waals surface area contributed by atoms with E-state index in [-0.39, 0.29) is 24.1 Å². The first kappa shape index (κ1) is 26.9. The van der Waals surface area contributed by atoms with Gasteiger partial charge in [-0.2, -0.15) is 0 Å². The maximum absolute atomic E-state index is 13.2. The topological polar surface area (TPSA) is 40.6 Å². The molecule has 0 unspecified atom stereocenters. The van der Waals surface area contributed by atoms with E-state index in [1.807, 2.05) is 11.0 Å². The van der Waals surface area contributed by atoms with Crippen molar-refractivity contribution in [2.75, 3.05) is 18.0 Å². The summed E-state index contributed by atoms with van der Waals surface area (Å²) in [7, 11) is 0. The normalized spacial score (nSPS) is 15.6. The number of amides is 1. The fourth-order valence-corrected chi connectivity index (χ4v) is 5.74. The van der Waals surface area contributed by atoms with Crippen LogP contribution in [-0.4, -0.2) is 29.7 Å². The second-order valence-electron chi connectivity index (χ2n) is 10.4. The summed E-state index contributed by atoms with van der Waals surface area (Å²) in [6, 6.07) is 25.7. The highest BCUT2D eigenvalue weighted by Gasteiger charge is 2.23. The highest BCUT2D eigenvalue weighted by atomic mass is 35.5. The number of ketones is 1. The Morgan fingerprint density at radius 3 is 2.30 bits per heavy atom. The average Bonchev–Trinajstić information content (AvgIpc) is 2.90. The fraction of sp³-hybridized carbons (Fsp3) is 0.375. The van der Waals surface area contributed by atoms with Crippen LogP contribution < -0.4 is 4.90 Å². The molecule has 0 atom stereocenters. The minimum Gasteiger partial charge on any atom is -0.363 e. The van der Waals surface area contributed by atoms with Crippen LogP contribution in [0.5, 0.6) is 0 Å². The number of rotatable bonds is 6. The zero-order valence-electron chi connectivity index (χ0n) is 21.7. The number of anilines is 1. The Hall–Kier alpha value is -3.11. The van der Waals surface area contributed by atoms with Gasteiger partial charge in [-0.15, -0.1) is 12.4 Å². The van der Waals surface area contributed by atoms with Crippen molar-refractivity contribution < 1.29 is 9.59 Å². The smallest absolute Gasteiger partial charge is 0.219 e. The Morgan fingerprint density at radius 1 is 0.838 bits per heavy atom. The number of Topliss-reactive ketones (excluding diaryl/α,β-unsaturated/α-hetero) is 1. The van der Waals surface area contributed by atoms with Crippen LogP contribution in [0.2, 0.25) is 0 Å². The van der Waals surface area contributed by atoms with E-state index in [4.69, 9.17) is 0 Å². The number of aryl methyl sites for hydroxylation is 2. The molecule has 0 aromatic heterocycles. The van der Waals surface area contributed by atoms with Gasteiger partial charge in [0.1, 0.15) is 0 Å². The molecule has 0 bridgehead atoms. The van der Waals surface area contributed by atoms with Crippen molar-refractivity contribution in [3.63, 3.8) is 0 Å². The van der Waals surface area contributed by atoms with Crippen molar-refractivity contribution in [3.8, 4) is 0 Å². The molecule has 3 aromatic carbocycles. The van der Waals surface area contributed by atoms with Crippen LogP contribution in [0.4, 0.5) is 5.69 Å². The first-order valence-electron chi connectivity index (χ1n) is 13.3. The lowest BCUT2D eigenvalue weighted by molar-refractivity contribution is -0.130. The van der Waals surface area contributed by atoms with Gasteiger partial charge in [-0.05, 0) is 72.4 Å². The summed E-state index contributed by atoms with van der Waals surface area (Å²) in [6.07, 6.45) is 5.50. The standard InChI is InChI=1S/C32H36N2O2.ClH/c1-24(35)33-19-17-25(18-20-33)11-16-32(36)29-15-13-27-12-14-28-9-5-6-10-31(28)34(23-30(27)21-29)22-26-7-3-2-4-8-26;/h2-10,13,15,21,25H,11-12,14,16-20,22-23H2,1H3;1H. The Morgan fingerprint density at radius 2 is 1.54 bits per heavy atom. The molecule has 194 valence electrons. The lowest BCUT2D eigenvalue weighted by Gasteiger charge is -2.31. The number of hydrogen-bond donors (Lipinski definition) is 0. The quantitative estimate of drug-likeness (QED) is 0.345. The number of fused-ring (bicyclic) bond motifs is 2. The van der Waals surface area contributed by atoms with Gasteiger partial charge < -0.3 is 9.80 Å². The third kappa shape index (κ3) is 6.61. The van der Waals surface area contributed by atoms with Crippen molar-refractivity contribution in [1.82, 2.24) is 4.90 Å². The summed E-state index contributed by atoms with van der Waals surface area (Å²) in [5, 5.41) is 0. The number of benzene rings is 3. The summed E-state index contributed by atoms with van der Waals surface area (Å²) in [5.74, 6) is 0.935. The monoisotopic (exact) mass is 516 g/mol. The predicted octanol–water partition coefficient (Wildman–Crippen LogP) is 6.64. The van der Waals surface area contributed by atoms with E-state index in [9.17, 15) is 9.59 Å². The van der Waals surface area contributed by atoms with Crippen molar-refractivity contribution in [2.45, 2.75) is 58.5 Å². The molecule has 2 aliphatic heterocycles. The van der Waals surface area contributed by atoms with Crippen LogP contribution in [0, 0.1) is 5.92 Å². The molecule has 3 aromatic rings. The second kappa shape index (κ2) is 12.4. The Balaban J connectivity index is 0.00000320. The molecule has 0 aliphatic carbocycles. The van der Waals surface area contributed by atoms with Gasteiger partial charge in [0.05, 0.1) is 0 Å². The zero-order valence-corrected chi connectivity index (χ0v) is 22.5. The molecule has 37 heavy (non-hydrogen) atoms. The lowest BCUT2D eigenvalue weighted by Crippen LogP contribution is -2.37. The first-order chi connectivity index (χ1) is 17.6. The number of para-hydroxylation sites is 1. The van der Waals surface area contributed by atoms with Gasteiger partial charge in [0, 0.05) is 50.8 Å². The molecule has 2 aliphatic rings. The Labute approximate surface area is 227 Å². The van der Waals surface area contributed by atoms with Crippen molar-refractivity contribution in [1.29, 1.82) is 0 Å². The van der Waals surface area contributed by atoms with Gasteiger partial charge in [-0.3, -0.25) is 9.59 Å². The number of piperidine rings is 1. The van der Waals surface area contributed by atoms with Crippen LogP contribution in [-0.2, 0) is 30.7 Å². The van der Waals surface area contributed by atoms with Gasteiger partial charge in [0.25, 0.3) is 0 Å². The Bertz CT molecular complexity index is 1220. The molecule has 0 spiro atoms. The highest BCUT2D eigenvalue weighted by Crippen LogP contribution is 2.31. The first-order valence-corrected chi connectivity index (χ1v) is 13.3. The third-order valence-electron chi connectivity index (χ3n) is 7.94. The summed E-state index contributed by atoms with van der Waals surface area (Å²) >= 11 is 0. The minimum absolute atomic E-state index is 0. The number of hydrogen-bond acceptors (Lipinski definition) is 3. The molecule has 0 saturated carbocycles. The van der Waals surface area contributed by atoms with Crippen LogP contribution in [0.1, 0.15) is 65.2 Å². The molecule has 2 heterocycles. The van der Waals surface area contributed by atoms with Crippen LogP contribution in [0.15, 0.2) is 72.8 Å². The van der Waals surface area contributed by atoms with E-state index in [1.54, 1.807) is 6.92 Å². The molecule has 0 N–H and O–H groups in total. The van der Waals surface area contributed by atoms with E-state index in [0.29, 0.717) is 12.3 Å². The van der Waals surface area contributed by atoms with Crippen LogP contribution in [0.3, 0.4) is 0 Å². The molecular formula is C32H37ClN2O2. The predicted molar refractivity (Wildman–Crippen MR) is 152 cm³/mol. The molecule has 1 amide bonds. The molecular weight excluding hydrogens is 480 g/mol. The number of nitrogens with zero attached hydrogens (tertiary/aromatic N) is 2. The maximum atomic E-state index is 13.2. The van der Waals surface area contributed by atoms with Gasteiger partial charge in [-0.25, -0.2) is 0 Å². The number of likely N-dealkylation sites (tertiary alicyclic amines) is 1. The minimum atomic E-state index is 0. The van der Waals surface area contributed by atoms with Crippen molar-refractivity contribution >= 4 is 29.8 Å². The number of carbonyl (C=O) groups excluding carboxylic acids is 2. The second-order valence-corrected chi connectivity index (χ2v) is 10.4. The SMILES string of the molecule is CC(=O)N1CCC(CCC(=O)c2ccc3c(c2)CN(Cc2ccccc2)c2ccccc2CC3)CC1.Cl. The molecule has 1 fully saturated rings. The molecule has 4 nitrogen and oxygen atoms in total. The van der Waals surface area contributed by atoms with E-state index in [0.717, 1.165) is 63.8 Å². The third-order valence-corrected chi connectivity index (χ3v) is 7.94. The van der Waals surface area contributed by atoms with Gasteiger partial charge in [0.2, 0.25) is 5.91 Å². The largest absolute Gasteiger partial charge is 0.363 e. The molecule has 5 rings (SSSR count). The summed E-state index contributed by atoms with van der Waals surface area (Å²) in [5.41, 5.74) is 7.41. The Kier molecular flexibility index (Phi) is 9.04. The molecule has 0 radical (unpaired) electrons. The number of halogens is 1. The van der Waals surface area contributed by atoms with Crippen LogP contribution in [0.25, 0.3) is 0 Å². The molecule has 1 saturated heterocycles. The van der Waals surface area contributed by atoms with Gasteiger partial charge in [-0.1, -0.05) is 60.7 Å². The summed E-state index contributed by atoms with van der Waals surface area (Å²) in [6.45, 7) is 4.93.